The summed E-state index contributed by atoms with van der Waals surface area (Å²) in [6.07, 6.45) is 4.81. The zero-order valence-corrected chi connectivity index (χ0v) is 13.9. The van der Waals surface area contributed by atoms with E-state index in [2.05, 4.69) is 4.90 Å². The van der Waals surface area contributed by atoms with Crippen molar-refractivity contribution in [2.75, 3.05) is 53.5 Å². The van der Waals surface area contributed by atoms with Crippen molar-refractivity contribution in [1.82, 2.24) is 14.7 Å². The van der Waals surface area contributed by atoms with Gasteiger partial charge in [0.25, 0.3) is 0 Å². The third-order valence-corrected chi connectivity index (χ3v) is 5.10. The number of hydrogen-bond acceptors (Lipinski definition) is 4. The number of amides is 2. The number of morpholine rings is 1. The van der Waals surface area contributed by atoms with E-state index in [1.165, 1.54) is 25.9 Å². The van der Waals surface area contributed by atoms with Crippen LogP contribution in [-0.4, -0.2) is 92.5 Å². The first-order chi connectivity index (χ1) is 10.7. The van der Waals surface area contributed by atoms with Gasteiger partial charge in [-0.15, -0.1) is 0 Å². The van der Waals surface area contributed by atoms with Crippen molar-refractivity contribution in [3.63, 3.8) is 0 Å². The molecule has 2 aliphatic heterocycles. The van der Waals surface area contributed by atoms with Gasteiger partial charge in [0.2, 0.25) is 0 Å². The van der Waals surface area contributed by atoms with Crippen LogP contribution in [0, 0.1) is 0 Å². The third kappa shape index (κ3) is 3.39. The van der Waals surface area contributed by atoms with Gasteiger partial charge in [0.15, 0.2) is 0 Å². The zero-order chi connectivity index (χ0) is 15.5. The smallest absolute Gasteiger partial charge is 0.319 e. The maximum Gasteiger partial charge on any atom is 0.319 e. The highest BCUT2D eigenvalue weighted by molar-refractivity contribution is 5.74. The molecule has 0 aromatic rings. The molecule has 0 radical (unpaired) electrons. The van der Waals surface area contributed by atoms with Crippen molar-refractivity contribution in [3.8, 4) is 0 Å². The lowest BCUT2D eigenvalue weighted by molar-refractivity contribution is -0.105. The Morgan fingerprint density at radius 1 is 1.23 bits per heavy atom. The lowest BCUT2D eigenvalue weighted by Gasteiger charge is -2.40. The van der Waals surface area contributed by atoms with Crippen molar-refractivity contribution in [2.45, 2.75) is 43.9 Å². The first-order valence-electron chi connectivity index (χ1n) is 8.60. The van der Waals surface area contributed by atoms with Gasteiger partial charge in [-0.1, -0.05) is 0 Å². The fourth-order valence-corrected chi connectivity index (χ4v) is 3.93. The Hall–Kier alpha value is -0.850. The molecule has 0 N–H and O–H groups in total. The summed E-state index contributed by atoms with van der Waals surface area (Å²) in [4.78, 5) is 18.4. The van der Waals surface area contributed by atoms with Crippen LogP contribution in [0.25, 0.3) is 0 Å². The number of nitrogens with zero attached hydrogens (tertiary/aromatic N) is 3. The number of ether oxygens (including phenoxy) is 2. The van der Waals surface area contributed by atoms with Crippen LogP contribution in [0.15, 0.2) is 0 Å². The summed E-state index contributed by atoms with van der Waals surface area (Å²) in [6.45, 7) is 5.53. The van der Waals surface area contributed by atoms with Gasteiger partial charge in [-0.3, -0.25) is 0 Å². The van der Waals surface area contributed by atoms with Gasteiger partial charge in [0, 0.05) is 27.2 Å². The van der Waals surface area contributed by atoms with Crippen LogP contribution in [0.5, 0.6) is 0 Å². The van der Waals surface area contributed by atoms with Crippen molar-refractivity contribution in [3.05, 3.63) is 0 Å². The van der Waals surface area contributed by atoms with E-state index in [0.29, 0.717) is 13.2 Å². The molecule has 0 aromatic heterocycles. The topological polar surface area (TPSA) is 45.3 Å². The molecule has 6 nitrogen and oxygen atoms in total. The summed E-state index contributed by atoms with van der Waals surface area (Å²) >= 11 is 0. The Morgan fingerprint density at radius 2 is 2.00 bits per heavy atom. The summed E-state index contributed by atoms with van der Waals surface area (Å²) in [5.74, 6) is 0. The summed E-state index contributed by atoms with van der Waals surface area (Å²) in [5.41, 5.74) is 0. The van der Waals surface area contributed by atoms with E-state index >= 15 is 0 Å². The summed E-state index contributed by atoms with van der Waals surface area (Å²) in [6, 6.07) is 0.274. The SMILES string of the molecule is CN(C)C(=O)N1CCO[C@@H]2[C@H]1CC[C@H]2OCCN1CCCC1. The van der Waals surface area contributed by atoms with E-state index in [1.807, 2.05) is 19.0 Å². The predicted octanol–water partition coefficient (Wildman–Crippen LogP) is 1.01. The molecular formula is C16H29N3O3. The molecule has 3 rings (SSSR count). The molecule has 2 saturated heterocycles. The van der Waals surface area contributed by atoms with Crippen LogP contribution >= 0.6 is 0 Å². The Labute approximate surface area is 133 Å². The van der Waals surface area contributed by atoms with Gasteiger partial charge in [-0.2, -0.15) is 0 Å². The minimum atomic E-state index is 0.0521. The first-order valence-corrected chi connectivity index (χ1v) is 8.60. The normalized spacial score (nSPS) is 32.3. The summed E-state index contributed by atoms with van der Waals surface area (Å²) in [5, 5.41) is 0. The molecular weight excluding hydrogens is 282 g/mol. The Kier molecular flexibility index (Phi) is 5.21. The van der Waals surface area contributed by atoms with Gasteiger partial charge in [0.1, 0.15) is 6.10 Å². The lowest BCUT2D eigenvalue weighted by Crippen LogP contribution is -2.56. The molecule has 3 atom stereocenters. The molecule has 0 aromatic carbocycles. The molecule has 0 unspecified atom stereocenters. The van der Waals surface area contributed by atoms with Crippen LogP contribution in [0.3, 0.4) is 0 Å². The standard InChI is InChI=1S/C16H29N3O3/c1-17(2)16(20)19-10-12-22-15-13(19)5-6-14(15)21-11-9-18-7-3-4-8-18/h13-15H,3-12H2,1-2H3/t13-,14-,15-/m1/s1. The maximum atomic E-state index is 12.3. The Balaban J connectivity index is 1.50. The Morgan fingerprint density at radius 3 is 2.73 bits per heavy atom. The molecule has 22 heavy (non-hydrogen) atoms. The lowest BCUT2D eigenvalue weighted by atomic mass is 10.1. The van der Waals surface area contributed by atoms with Crippen LogP contribution < -0.4 is 0 Å². The second kappa shape index (κ2) is 7.15. The van der Waals surface area contributed by atoms with Crippen LogP contribution in [0.2, 0.25) is 0 Å². The fraction of sp³-hybridized carbons (Fsp3) is 0.938. The minimum absolute atomic E-state index is 0.0521. The van der Waals surface area contributed by atoms with Gasteiger partial charge in [0.05, 0.1) is 25.4 Å². The van der Waals surface area contributed by atoms with Crippen molar-refractivity contribution < 1.29 is 14.3 Å². The zero-order valence-electron chi connectivity index (χ0n) is 13.9. The molecule has 2 amide bonds. The minimum Gasteiger partial charge on any atom is -0.374 e. The van der Waals surface area contributed by atoms with Crippen molar-refractivity contribution >= 4 is 6.03 Å². The van der Waals surface area contributed by atoms with E-state index in [-0.39, 0.29) is 24.3 Å². The molecule has 3 fully saturated rings. The summed E-state index contributed by atoms with van der Waals surface area (Å²) in [7, 11) is 3.62. The average Bonchev–Trinajstić information content (AvgIpc) is 3.16. The predicted molar refractivity (Wildman–Crippen MR) is 84.0 cm³/mol. The highest BCUT2D eigenvalue weighted by atomic mass is 16.5. The quantitative estimate of drug-likeness (QED) is 0.777. The number of fused-ring (bicyclic) bond motifs is 1. The van der Waals surface area contributed by atoms with Gasteiger partial charge in [-0.25, -0.2) is 4.79 Å². The van der Waals surface area contributed by atoms with E-state index in [9.17, 15) is 4.79 Å². The Bertz CT molecular complexity index is 385. The molecule has 2 heterocycles. The second-order valence-electron chi connectivity index (χ2n) is 6.81. The molecule has 3 aliphatic rings. The summed E-state index contributed by atoms with van der Waals surface area (Å²) < 4.78 is 12.1. The van der Waals surface area contributed by atoms with Crippen LogP contribution in [0.1, 0.15) is 25.7 Å². The van der Waals surface area contributed by atoms with E-state index in [0.717, 1.165) is 26.0 Å². The highest BCUT2D eigenvalue weighted by Gasteiger charge is 2.45. The maximum absolute atomic E-state index is 12.3. The monoisotopic (exact) mass is 311 g/mol. The highest BCUT2D eigenvalue weighted by Crippen LogP contribution is 2.32. The molecule has 126 valence electrons. The van der Waals surface area contributed by atoms with Crippen molar-refractivity contribution in [1.29, 1.82) is 0 Å². The van der Waals surface area contributed by atoms with E-state index in [4.69, 9.17) is 9.47 Å². The number of urea groups is 1. The van der Waals surface area contributed by atoms with Crippen molar-refractivity contribution in [2.24, 2.45) is 0 Å². The van der Waals surface area contributed by atoms with E-state index in [1.54, 1.807) is 4.90 Å². The third-order valence-electron chi connectivity index (χ3n) is 5.10. The molecule has 6 heteroatoms. The fourth-order valence-electron chi connectivity index (χ4n) is 3.93. The number of carbonyl (C=O) groups is 1. The average molecular weight is 311 g/mol. The number of hydrogen-bond donors (Lipinski definition) is 0. The largest absolute Gasteiger partial charge is 0.374 e. The van der Waals surface area contributed by atoms with Crippen LogP contribution in [-0.2, 0) is 9.47 Å². The van der Waals surface area contributed by atoms with E-state index < -0.39 is 0 Å². The second-order valence-corrected chi connectivity index (χ2v) is 6.81. The number of carbonyl (C=O) groups excluding carboxylic acids is 1. The van der Waals surface area contributed by atoms with Gasteiger partial charge < -0.3 is 24.2 Å². The van der Waals surface area contributed by atoms with Gasteiger partial charge >= 0.3 is 6.03 Å². The molecule has 0 spiro atoms. The molecule has 1 aliphatic carbocycles. The number of rotatable bonds is 4. The first kappa shape index (κ1) is 16.0. The molecule has 0 bridgehead atoms. The molecule has 1 saturated carbocycles. The number of likely N-dealkylation sites (tertiary alicyclic amines) is 1. The van der Waals surface area contributed by atoms with Gasteiger partial charge in [-0.05, 0) is 38.8 Å². The van der Waals surface area contributed by atoms with Crippen LogP contribution in [0.4, 0.5) is 4.79 Å².